The van der Waals surface area contributed by atoms with Crippen molar-refractivity contribution in [1.29, 1.82) is 0 Å². The number of carbonyl (C=O) groups excluding carboxylic acids is 2. The Kier molecular flexibility index (Phi) is 5.03. The van der Waals surface area contributed by atoms with Crippen LogP contribution in [0.1, 0.15) is 6.92 Å². The number of ether oxygens (including phenoxy) is 1. The molecule has 1 fully saturated rings. The number of anilines is 1. The lowest BCUT2D eigenvalue weighted by atomic mass is 10.3. The Labute approximate surface area is 109 Å². The van der Waals surface area contributed by atoms with Gasteiger partial charge < -0.3 is 9.57 Å². The Morgan fingerprint density at radius 3 is 2.28 bits per heavy atom. The minimum Gasteiger partial charge on any atom is -0.459 e. The lowest BCUT2D eigenvalue weighted by molar-refractivity contribution is -0.133. The summed E-state index contributed by atoms with van der Waals surface area (Å²) in [7, 11) is 1.30. The highest BCUT2D eigenvalue weighted by atomic mass is 35.5. The molecule has 1 saturated heterocycles. The summed E-state index contributed by atoms with van der Waals surface area (Å²) in [5.74, 6) is 4.09. The molecule has 1 aliphatic heterocycles. The van der Waals surface area contributed by atoms with Crippen molar-refractivity contribution < 1.29 is 19.2 Å². The molecule has 5 nitrogen and oxygen atoms in total. The fraction of sp³-hybridized carbons (Fsp3) is 0.167. The zero-order valence-electron chi connectivity index (χ0n) is 9.77. The van der Waals surface area contributed by atoms with E-state index >= 15 is 0 Å². The molecule has 0 bridgehead atoms. The normalized spacial score (nSPS) is 11.3. The zero-order chi connectivity index (χ0) is 13.5. The predicted octanol–water partition coefficient (Wildman–Crippen LogP) is 2.39. The number of nitrogens with zero attached hydrogens (tertiary/aromatic N) is 1. The number of methoxy groups -OCH3 is 1. The van der Waals surface area contributed by atoms with E-state index in [4.69, 9.17) is 11.6 Å². The van der Waals surface area contributed by atoms with Crippen LogP contribution in [0.15, 0.2) is 24.3 Å². The number of rotatable bonds is 1. The van der Waals surface area contributed by atoms with E-state index in [0.717, 1.165) is 0 Å². The molecule has 0 radical (unpaired) electrons. The molecule has 1 aromatic carbocycles. The molecule has 18 heavy (non-hydrogen) atoms. The summed E-state index contributed by atoms with van der Waals surface area (Å²) in [5, 5.41) is 1.83. The van der Waals surface area contributed by atoms with Crippen LogP contribution >= 0.6 is 11.6 Å². The molecule has 0 atom stereocenters. The molecule has 6 heteroatoms. The van der Waals surface area contributed by atoms with Crippen LogP contribution < -0.4 is 5.06 Å². The van der Waals surface area contributed by atoms with Crippen molar-refractivity contribution in [2.24, 2.45) is 0 Å². The first-order valence-electron chi connectivity index (χ1n) is 4.86. The smallest absolute Gasteiger partial charge is 0.459 e. The van der Waals surface area contributed by atoms with E-state index in [1.54, 1.807) is 31.2 Å². The average Bonchev–Trinajstić information content (AvgIpc) is 3.08. The molecule has 0 unspecified atom stereocenters. The molecular weight excluding hydrogens is 258 g/mol. The van der Waals surface area contributed by atoms with Gasteiger partial charge in [0.2, 0.25) is 0 Å². The van der Waals surface area contributed by atoms with E-state index in [1.807, 2.05) is 0 Å². The highest BCUT2D eigenvalue weighted by Gasteiger charge is 2.35. The van der Waals surface area contributed by atoms with Crippen molar-refractivity contribution in [2.75, 3.05) is 12.2 Å². The highest BCUT2D eigenvalue weighted by Crippen LogP contribution is 2.25. The van der Waals surface area contributed by atoms with Gasteiger partial charge in [-0.2, -0.15) is 0 Å². The molecule has 1 heterocycles. The van der Waals surface area contributed by atoms with Crippen molar-refractivity contribution in [2.45, 2.75) is 6.92 Å². The first kappa shape index (κ1) is 13.9. The van der Waals surface area contributed by atoms with Gasteiger partial charge in [0.25, 0.3) is 0 Å². The summed E-state index contributed by atoms with van der Waals surface area (Å²) in [4.78, 5) is 25.0. The third kappa shape index (κ3) is 4.36. The van der Waals surface area contributed by atoms with Crippen LogP contribution in [0.3, 0.4) is 0 Å². The van der Waals surface area contributed by atoms with E-state index in [9.17, 15) is 9.59 Å². The molecule has 0 aromatic heterocycles. The lowest BCUT2D eigenvalue weighted by Gasteiger charge is -1.93. The van der Waals surface area contributed by atoms with Crippen molar-refractivity contribution in [3.63, 3.8) is 0 Å². The van der Waals surface area contributed by atoms with E-state index in [1.165, 1.54) is 12.2 Å². The van der Waals surface area contributed by atoms with Crippen molar-refractivity contribution in [3.05, 3.63) is 29.3 Å². The van der Waals surface area contributed by atoms with Crippen molar-refractivity contribution >= 4 is 29.4 Å². The predicted molar refractivity (Wildman–Crippen MR) is 65.9 cm³/mol. The number of carbonyl (C=O) groups is 2. The van der Waals surface area contributed by atoms with Crippen LogP contribution in [0.5, 0.6) is 0 Å². The van der Waals surface area contributed by atoms with Crippen molar-refractivity contribution in [1.82, 2.24) is 0 Å². The summed E-state index contributed by atoms with van der Waals surface area (Å²) in [6.45, 7) is 1.58. The van der Waals surface area contributed by atoms with E-state index in [-0.39, 0.29) is 6.09 Å². The van der Waals surface area contributed by atoms with Gasteiger partial charge in [-0.15, -0.1) is 0 Å². The minimum absolute atomic E-state index is 0.327. The molecule has 0 saturated carbocycles. The van der Waals surface area contributed by atoms with Crippen molar-refractivity contribution in [3.8, 4) is 11.8 Å². The van der Waals surface area contributed by atoms with Crippen LogP contribution in [0, 0.1) is 11.8 Å². The van der Waals surface area contributed by atoms with Gasteiger partial charge >= 0.3 is 12.1 Å². The van der Waals surface area contributed by atoms with E-state index < -0.39 is 5.97 Å². The second-order valence-corrected chi connectivity index (χ2v) is 3.43. The lowest BCUT2D eigenvalue weighted by Crippen LogP contribution is -1.93. The molecule has 1 amide bonds. The Hall–Kier alpha value is -2.19. The summed E-state index contributed by atoms with van der Waals surface area (Å²) in [5.41, 5.74) is 0.708. The molecule has 0 spiro atoms. The standard InChI is InChI=1S/C7H4ClNO2.C5H6O2/c8-5-1-3-6(4-2-5)9-7(10)11-9;1-3-4-5(6)7-2/h1-4H;1-2H3. The quantitative estimate of drug-likeness (QED) is 0.339. The number of hydroxylamine groups is 1. The number of esters is 1. The fourth-order valence-corrected chi connectivity index (χ4v) is 1.07. The summed E-state index contributed by atoms with van der Waals surface area (Å²) < 4.78 is 4.18. The van der Waals surface area contributed by atoms with Crippen LogP contribution in [-0.4, -0.2) is 19.2 Å². The second-order valence-electron chi connectivity index (χ2n) is 2.99. The van der Waals surface area contributed by atoms with E-state index in [0.29, 0.717) is 10.7 Å². The Bertz CT molecular complexity index is 501. The topological polar surface area (TPSA) is 58.9 Å². The molecular formula is C12H10ClNO4. The molecule has 0 N–H and O–H groups in total. The van der Waals surface area contributed by atoms with Crippen LogP contribution in [-0.2, 0) is 14.4 Å². The third-order valence-corrected chi connectivity index (χ3v) is 2.03. The van der Waals surface area contributed by atoms with Crippen LogP contribution in [0.2, 0.25) is 5.02 Å². The maximum Gasteiger partial charge on any atom is 0.473 e. The molecule has 2 rings (SSSR count). The number of halogens is 1. The first-order valence-corrected chi connectivity index (χ1v) is 5.24. The maximum absolute atomic E-state index is 10.4. The van der Waals surface area contributed by atoms with Gasteiger partial charge in [-0.1, -0.05) is 22.6 Å². The second kappa shape index (κ2) is 6.52. The monoisotopic (exact) mass is 267 g/mol. The molecule has 94 valence electrons. The Morgan fingerprint density at radius 1 is 1.39 bits per heavy atom. The number of benzene rings is 1. The maximum atomic E-state index is 10.4. The third-order valence-electron chi connectivity index (χ3n) is 1.78. The summed E-state index contributed by atoms with van der Waals surface area (Å²) >= 11 is 5.63. The van der Waals surface area contributed by atoms with Gasteiger partial charge in [0, 0.05) is 10.9 Å². The van der Waals surface area contributed by atoms with Gasteiger partial charge in [0.1, 0.15) is 0 Å². The fourth-order valence-electron chi connectivity index (χ4n) is 0.945. The molecule has 1 aliphatic rings. The molecule has 0 aliphatic carbocycles. The van der Waals surface area contributed by atoms with Crippen LogP contribution in [0.25, 0.3) is 0 Å². The number of amides is 1. The Balaban J connectivity index is 0.000000203. The van der Waals surface area contributed by atoms with Crippen LogP contribution in [0.4, 0.5) is 10.5 Å². The highest BCUT2D eigenvalue weighted by molar-refractivity contribution is 6.30. The largest absolute Gasteiger partial charge is 0.473 e. The van der Waals surface area contributed by atoms with Gasteiger partial charge in [-0.25, -0.2) is 9.59 Å². The minimum atomic E-state index is -0.484. The average molecular weight is 268 g/mol. The van der Waals surface area contributed by atoms with Gasteiger partial charge in [-0.05, 0) is 31.2 Å². The number of hydrogen-bond acceptors (Lipinski definition) is 4. The zero-order valence-corrected chi connectivity index (χ0v) is 10.5. The van der Waals surface area contributed by atoms with Gasteiger partial charge in [0.05, 0.1) is 12.8 Å². The van der Waals surface area contributed by atoms with E-state index in [2.05, 4.69) is 21.4 Å². The summed E-state index contributed by atoms with van der Waals surface area (Å²) in [6.07, 6.45) is -0.327. The van der Waals surface area contributed by atoms with Gasteiger partial charge in [-0.3, -0.25) is 0 Å². The SMILES string of the molecule is CC#CC(=O)OC.O=C1ON1c1ccc(Cl)cc1. The molecule has 1 aromatic rings. The Morgan fingerprint density at radius 2 is 1.94 bits per heavy atom. The number of hydrogen-bond donors (Lipinski definition) is 0. The first-order chi connectivity index (χ1) is 8.58. The van der Waals surface area contributed by atoms with Gasteiger partial charge in [0.15, 0.2) is 0 Å². The summed E-state index contributed by atoms with van der Waals surface area (Å²) in [6, 6.07) is 6.83.